The first kappa shape index (κ1) is 64.8. The van der Waals surface area contributed by atoms with E-state index in [1.807, 2.05) is 0 Å². The molecule has 2 aromatic carbocycles. The quantitative estimate of drug-likeness (QED) is 0.0296. The molecule has 79 heavy (non-hydrogen) atoms. The second-order valence-electron chi connectivity index (χ2n) is 18.7. The third-order valence-electron chi connectivity index (χ3n) is 12.4. The number of unbranched alkanes of at least 4 members (excludes halogenated alkanes) is 1. The van der Waals surface area contributed by atoms with Crippen molar-refractivity contribution in [1.82, 2.24) is 42.1 Å². The minimum absolute atomic E-state index is 0.0112. The highest BCUT2D eigenvalue weighted by Crippen LogP contribution is 2.21. The van der Waals surface area contributed by atoms with Gasteiger partial charge in [-0.25, -0.2) is 4.79 Å². The number of phenolic OH excluding ortho intramolecular Hbond substituents is 2. The maximum Gasteiger partial charge on any atom is 0.328 e. The normalized spacial score (nSPS) is 16.4. The molecule has 10 amide bonds. The Morgan fingerprint density at radius 1 is 0.608 bits per heavy atom. The summed E-state index contributed by atoms with van der Waals surface area (Å²) in [6, 6.07) is -4.19. The lowest BCUT2D eigenvalue weighted by Gasteiger charge is -2.30. The maximum absolute atomic E-state index is 14.1. The Labute approximate surface area is 452 Å². The molecule has 0 spiro atoms. The number of carboxylic acid groups (broad SMARTS) is 2. The fourth-order valence-electron chi connectivity index (χ4n) is 8.11. The molecule has 1 aliphatic rings. The van der Waals surface area contributed by atoms with Crippen LogP contribution in [-0.4, -0.2) is 187 Å². The number of hydrogen-bond donors (Lipinski definition) is 17. The molecule has 2 aromatic rings. The van der Waals surface area contributed by atoms with Gasteiger partial charge in [0.05, 0.1) is 31.6 Å². The number of carboxylic acids is 2. The predicted octanol–water partition coefficient (Wildman–Crippen LogP) is -6.20. The molecule has 0 aromatic heterocycles. The second kappa shape index (κ2) is 31.7. The molecule has 0 saturated carbocycles. The molecule has 434 valence electrons. The Balaban J connectivity index is 1.86. The Morgan fingerprint density at radius 2 is 1.09 bits per heavy atom. The Kier molecular flexibility index (Phi) is 26.0. The van der Waals surface area contributed by atoms with Gasteiger partial charge in [0.25, 0.3) is 0 Å². The molecule has 1 aliphatic heterocycles. The first-order valence-corrected chi connectivity index (χ1v) is 25.0. The van der Waals surface area contributed by atoms with Gasteiger partial charge >= 0.3 is 11.9 Å². The van der Waals surface area contributed by atoms with Crippen LogP contribution in [0.4, 0.5) is 0 Å². The van der Waals surface area contributed by atoms with E-state index in [1.165, 1.54) is 48.5 Å². The number of benzene rings is 2. The number of aliphatic carboxylic acids is 2. The number of nitrogens with one attached hydrogen (secondary N) is 7. The van der Waals surface area contributed by atoms with Crippen LogP contribution < -0.4 is 60.2 Å². The molecule has 30 nitrogen and oxygen atoms in total. The first-order chi connectivity index (χ1) is 37.2. The molecule has 21 N–H and O–H groups in total. The van der Waals surface area contributed by atoms with E-state index in [4.69, 9.17) is 22.9 Å². The molecule has 30 heteroatoms. The Hall–Kier alpha value is -8.48. The van der Waals surface area contributed by atoms with Crippen LogP contribution in [0.25, 0.3) is 0 Å². The molecule has 0 aliphatic carbocycles. The Bertz CT molecular complexity index is 2500. The summed E-state index contributed by atoms with van der Waals surface area (Å²) >= 11 is 0. The van der Waals surface area contributed by atoms with Gasteiger partial charge in [0, 0.05) is 25.8 Å². The highest BCUT2D eigenvalue weighted by Gasteiger charge is 2.41. The van der Waals surface area contributed by atoms with Crippen molar-refractivity contribution in [2.75, 3.05) is 19.7 Å². The molecule has 0 unspecified atom stereocenters. The fraction of sp³-hybridized carbons (Fsp3) is 0.510. The number of nitrogens with zero attached hydrogens (tertiary/aromatic N) is 1. The molecular formula is C49H70N12O18. The molecule has 3 rings (SSSR count). The van der Waals surface area contributed by atoms with E-state index < -0.39 is 151 Å². The monoisotopic (exact) mass is 1110 g/mol. The summed E-state index contributed by atoms with van der Waals surface area (Å²) in [5, 5.41) is 75.4. The summed E-state index contributed by atoms with van der Waals surface area (Å²) in [4.78, 5) is 158. The third-order valence-corrected chi connectivity index (χ3v) is 12.4. The van der Waals surface area contributed by atoms with Gasteiger partial charge in [-0.05, 0) is 87.4 Å². The number of carbonyl (C=O) groups is 12. The van der Waals surface area contributed by atoms with Gasteiger partial charge in [0.1, 0.15) is 53.8 Å². The van der Waals surface area contributed by atoms with Crippen LogP contribution in [0.5, 0.6) is 11.5 Å². The van der Waals surface area contributed by atoms with Crippen molar-refractivity contribution in [3.63, 3.8) is 0 Å². The van der Waals surface area contributed by atoms with Gasteiger partial charge in [-0.1, -0.05) is 24.3 Å². The number of aromatic hydroxyl groups is 2. The summed E-state index contributed by atoms with van der Waals surface area (Å²) < 4.78 is 0. The van der Waals surface area contributed by atoms with E-state index in [-0.39, 0.29) is 69.5 Å². The van der Waals surface area contributed by atoms with E-state index in [1.54, 1.807) is 0 Å². The topological polar surface area (TPSA) is 518 Å². The molecule has 10 atom stereocenters. The van der Waals surface area contributed by atoms with Crippen LogP contribution in [-0.2, 0) is 70.4 Å². The van der Waals surface area contributed by atoms with Gasteiger partial charge in [-0.2, -0.15) is 0 Å². The van der Waals surface area contributed by atoms with Crippen molar-refractivity contribution in [2.24, 2.45) is 22.9 Å². The van der Waals surface area contributed by atoms with Crippen molar-refractivity contribution in [3.05, 3.63) is 59.7 Å². The smallest absolute Gasteiger partial charge is 0.328 e. The highest BCUT2D eigenvalue weighted by atomic mass is 16.4. The number of phenols is 2. The largest absolute Gasteiger partial charge is 0.508 e. The number of carbonyl (C=O) groups excluding carboxylic acids is 10. The molecule has 1 saturated heterocycles. The zero-order valence-corrected chi connectivity index (χ0v) is 43.1. The summed E-state index contributed by atoms with van der Waals surface area (Å²) in [5.74, 6) is -14.2. The number of nitrogens with two attached hydrogens (primary N) is 4. The van der Waals surface area contributed by atoms with Crippen molar-refractivity contribution in [2.45, 2.75) is 138 Å². The standard InChI is InChI=1S/C49H70N12O18/c1-24(63)40(49(78)79)60-45(74)32(20-26-9-13-28(65)14-10-26)57-47(76)36-6-4-18-61(36)48(77)34(22-39(68)69)58-46(75)35(23-62)59-44(73)33(21-38(53)67)56-43(72)31(19-25-7-11-27(64)12-8-25)55-42(71)30(5-2-3-17-50)54-41(70)29(51)15-16-37(52)66/h7-14,24,29-36,40,62-65H,2-6,15-23,50-51H2,1H3,(H2,52,66)(H2,53,67)(H,54,70)(H,55,71)(H,56,72)(H,57,76)(H,58,75)(H,59,73)(H,60,74)(H,68,69)(H,78,79)/t24-,29+,30+,31+,32+,33+,34+,35+,36+,40+/m1/s1. The van der Waals surface area contributed by atoms with Crippen LogP contribution in [0.2, 0.25) is 0 Å². The predicted molar refractivity (Wildman–Crippen MR) is 274 cm³/mol. The minimum Gasteiger partial charge on any atom is -0.508 e. The molecule has 0 bridgehead atoms. The average molecular weight is 1120 g/mol. The maximum atomic E-state index is 14.1. The Morgan fingerprint density at radius 3 is 1.59 bits per heavy atom. The van der Waals surface area contributed by atoms with Crippen LogP contribution in [0, 0.1) is 0 Å². The van der Waals surface area contributed by atoms with Gasteiger partial charge in [0.15, 0.2) is 6.04 Å². The third kappa shape index (κ3) is 21.5. The van der Waals surface area contributed by atoms with Gasteiger partial charge < -0.3 is 95.7 Å². The lowest BCUT2D eigenvalue weighted by molar-refractivity contribution is -0.146. The van der Waals surface area contributed by atoms with Gasteiger partial charge in [-0.3, -0.25) is 52.7 Å². The molecule has 1 heterocycles. The van der Waals surface area contributed by atoms with Crippen molar-refractivity contribution >= 4 is 71.0 Å². The van der Waals surface area contributed by atoms with E-state index in [2.05, 4.69) is 37.2 Å². The lowest BCUT2D eigenvalue weighted by atomic mass is 10.0. The summed E-state index contributed by atoms with van der Waals surface area (Å²) in [6.45, 7) is -0.0880. The summed E-state index contributed by atoms with van der Waals surface area (Å²) in [7, 11) is 0. The number of aliphatic hydroxyl groups excluding tert-OH is 2. The van der Waals surface area contributed by atoms with Crippen molar-refractivity contribution < 1.29 is 88.2 Å². The zero-order valence-electron chi connectivity index (χ0n) is 43.1. The van der Waals surface area contributed by atoms with Crippen LogP contribution in [0.3, 0.4) is 0 Å². The van der Waals surface area contributed by atoms with Crippen molar-refractivity contribution in [1.29, 1.82) is 0 Å². The van der Waals surface area contributed by atoms with Gasteiger partial charge in [-0.15, -0.1) is 0 Å². The summed E-state index contributed by atoms with van der Waals surface area (Å²) in [5.41, 5.74) is 22.9. The van der Waals surface area contributed by atoms with E-state index in [0.29, 0.717) is 24.0 Å². The van der Waals surface area contributed by atoms with Gasteiger partial charge in [0.2, 0.25) is 59.1 Å². The number of likely N-dealkylation sites (tertiary alicyclic amines) is 1. The number of hydrogen-bond acceptors (Lipinski definition) is 18. The van der Waals surface area contributed by atoms with E-state index >= 15 is 0 Å². The lowest BCUT2D eigenvalue weighted by Crippen LogP contribution is -2.61. The van der Waals surface area contributed by atoms with E-state index in [0.717, 1.165) is 11.8 Å². The number of primary amides is 2. The first-order valence-electron chi connectivity index (χ1n) is 25.0. The highest BCUT2D eigenvalue weighted by molar-refractivity contribution is 6.00. The van der Waals surface area contributed by atoms with Crippen LogP contribution >= 0.6 is 0 Å². The van der Waals surface area contributed by atoms with Crippen molar-refractivity contribution in [3.8, 4) is 11.5 Å². The SMILES string of the molecule is C[C@@H](O)[C@H](NC(=O)[C@H](Cc1ccc(O)cc1)NC(=O)[C@@H]1CCCN1C(=O)[C@H](CC(=O)O)NC(=O)[C@H](CO)NC(=O)[C@H](CC(N)=O)NC(=O)[C@H](Cc1ccc(O)cc1)NC(=O)[C@H](CCCCN)NC(=O)[C@@H](N)CCC(N)=O)C(=O)O. The number of aliphatic hydroxyl groups is 2. The second-order valence-corrected chi connectivity index (χ2v) is 18.7. The molecule has 1 fully saturated rings. The molecular weight excluding hydrogens is 1040 g/mol. The number of amides is 10. The summed E-state index contributed by atoms with van der Waals surface area (Å²) in [6.07, 6.45) is -3.85. The fourth-order valence-corrected chi connectivity index (χ4v) is 8.11. The minimum atomic E-state index is -2.03. The molecule has 0 radical (unpaired) electrons. The van der Waals surface area contributed by atoms with Crippen LogP contribution in [0.1, 0.15) is 75.8 Å². The average Bonchev–Trinajstić information content (AvgIpc) is 3.92. The van der Waals surface area contributed by atoms with Crippen LogP contribution in [0.15, 0.2) is 48.5 Å². The van der Waals surface area contributed by atoms with E-state index in [9.17, 15) is 88.2 Å². The zero-order chi connectivity index (χ0) is 59.1. The number of rotatable bonds is 33.